The number of hydrogen-bond acceptors (Lipinski definition) is 2. The molecule has 0 aromatic heterocycles. The number of ether oxygens (including phenoxy) is 1. The molecule has 0 unspecified atom stereocenters. The Kier molecular flexibility index (Phi) is 3.94. The Morgan fingerprint density at radius 2 is 2.25 bits per heavy atom. The molecule has 1 aromatic rings. The summed E-state index contributed by atoms with van der Waals surface area (Å²) in [4.78, 5) is 0. The number of hydrogen-bond donors (Lipinski definition) is 1. The van der Waals surface area contributed by atoms with E-state index in [2.05, 4.69) is 12.2 Å². The van der Waals surface area contributed by atoms with Gasteiger partial charge in [0.1, 0.15) is 5.75 Å². The van der Waals surface area contributed by atoms with E-state index in [9.17, 15) is 0 Å². The highest BCUT2D eigenvalue weighted by Crippen LogP contribution is 2.31. The molecule has 0 heterocycles. The van der Waals surface area contributed by atoms with Crippen LogP contribution in [0.4, 0.5) is 5.69 Å². The highest BCUT2D eigenvalue weighted by molar-refractivity contribution is 6.32. The van der Waals surface area contributed by atoms with Crippen molar-refractivity contribution >= 4 is 17.3 Å². The number of anilines is 1. The van der Waals surface area contributed by atoms with Crippen molar-refractivity contribution in [3.8, 4) is 5.75 Å². The Bertz CT molecular complexity index is 350. The second kappa shape index (κ2) is 5.44. The van der Waals surface area contributed by atoms with Crippen molar-refractivity contribution in [1.29, 1.82) is 0 Å². The fraction of sp³-hybridized carbons (Fsp3) is 0.538. The first-order chi connectivity index (χ1) is 7.79. The van der Waals surface area contributed by atoms with Gasteiger partial charge >= 0.3 is 0 Å². The fourth-order valence-corrected chi connectivity index (χ4v) is 1.76. The third-order valence-corrected chi connectivity index (χ3v) is 2.98. The Hall–Kier alpha value is -0.890. The molecule has 0 bridgehead atoms. The summed E-state index contributed by atoms with van der Waals surface area (Å²) < 4.78 is 5.52. The number of rotatable bonds is 6. The lowest BCUT2D eigenvalue weighted by Crippen LogP contribution is -2.03. The normalized spacial score (nSPS) is 14.9. The zero-order chi connectivity index (χ0) is 11.4. The van der Waals surface area contributed by atoms with E-state index in [0.717, 1.165) is 30.3 Å². The molecule has 0 aliphatic heterocycles. The van der Waals surface area contributed by atoms with Crippen molar-refractivity contribution in [3.63, 3.8) is 0 Å². The molecule has 16 heavy (non-hydrogen) atoms. The van der Waals surface area contributed by atoms with E-state index in [1.54, 1.807) is 0 Å². The summed E-state index contributed by atoms with van der Waals surface area (Å²) in [6.07, 6.45) is 3.72. The van der Waals surface area contributed by atoms with Crippen LogP contribution in [0.2, 0.25) is 5.02 Å². The van der Waals surface area contributed by atoms with Gasteiger partial charge in [-0.05, 0) is 43.4 Å². The van der Waals surface area contributed by atoms with E-state index in [1.165, 1.54) is 12.8 Å². The van der Waals surface area contributed by atoms with E-state index in [1.807, 2.05) is 18.2 Å². The van der Waals surface area contributed by atoms with Crippen LogP contribution in [0.1, 0.15) is 26.2 Å². The van der Waals surface area contributed by atoms with Gasteiger partial charge in [-0.25, -0.2) is 0 Å². The molecule has 0 radical (unpaired) electrons. The van der Waals surface area contributed by atoms with Gasteiger partial charge in [0.15, 0.2) is 0 Å². The summed E-state index contributed by atoms with van der Waals surface area (Å²) in [7, 11) is 0. The summed E-state index contributed by atoms with van der Waals surface area (Å²) in [5.41, 5.74) is 1.08. The number of nitrogens with one attached hydrogen (secondary N) is 1. The zero-order valence-electron chi connectivity index (χ0n) is 9.63. The first kappa shape index (κ1) is 11.6. The largest absolute Gasteiger partial charge is 0.492 e. The van der Waals surface area contributed by atoms with Gasteiger partial charge in [0.25, 0.3) is 0 Å². The topological polar surface area (TPSA) is 21.3 Å². The summed E-state index contributed by atoms with van der Waals surface area (Å²) in [5.74, 6) is 1.65. The molecule has 3 heteroatoms. The summed E-state index contributed by atoms with van der Waals surface area (Å²) in [6, 6.07) is 5.90. The van der Waals surface area contributed by atoms with Crippen molar-refractivity contribution in [3.05, 3.63) is 23.2 Å². The minimum Gasteiger partial charge on any atom is -0.492 e. The maximum absolute atomic E-state index is 6.13. The Labute approximate surface area is 102 Å². The van der Waals surface area contributed by atoms with Crippen molar-refractivity contribution in [2.24, 2.45) is 5.92 Å². The van der Waals surface area contributed by atoms with Crippen LogP contribution in [-0.4, -0.2) is 13.2 Å². The Balaban J connectivity index is 1.91. The van der Waals surface area contributed by atoms with E-state index in [4.69, 9.17) is 16.3 Å². The molecule has 1 saturated carbocycles. The van der Waals surface area contributed by atoms with Crippen LogP contribution in [0.5, 0.6) is 5.75 Å². The first-order valence-electron chi connectivity index (χ1n) is 5.96. The van der Waals surface area contributed by atoms with Gasteiger partial charge < -0.3 is 10.1 Å². The molecule has 0 spiro atoms. The molecule has 0 saturated heterocycles. The van der Waals surface area contributed by atoms with E-state index >= 15 is 0 Å². The minimum absolute atomic E-state index is 0.689. The molecular formula is C13H18ClNO. The van der Waals surface area contributed by atoms with E-state index in [0.29, 0.717) is 11.6 Å². The SMILES string of the molecule is CCCOc1ccc(NCC2CC2)cc1Cl. The molecule has 0 amide bonds. The molecule has 2 rings (SSSR count). The van der Waals surface area contributed by atoms with Gasteiger partial charge in [0.2, 0.25) is 0 Å². The molecule has 1 aliphatic carbocycles. The molecule has 1 aromatic carbocycles. The maximum Gasteiger partial charge on any atom is 0.138 e. The standard InChI is InChI=1S/C13H18ClNO/c1-2-7-16-13-6-5-11(8-12(13)14)15-9-10-3-4-10/h5-6,8,10,15H,2-4,7,9H2,1H3. The number of halogens is 1. The van der Waals surface area contributed by atoms with Gasteiger partial charge in [-0.3, -0.25) is 0 Å². The van der Waals surface area contributed by atoms with E-state index in [-0.39, 0.29) is 0 Å². The van der Waals surface area contributed by atoms with Crippen LogP contribution in [-0.2, 0) is 0 Å². The fourth-order valence-electron chi connectivity index (χ4n) is 1.52. The summed E-state index contributed by atoms with van der Waals surface area (Å²) in [6.45, 7) is 3.86. The lowest BCUT2D eigenvalue weighted by Gasteiger charge is -2.10. The molecule has 1 fully saturated rings. The third kappa shape index (κ3) is 3.31. The Morgan fingerprint density at radius 1 is 1.44 bits per heavy atom. The molecule has 88 valence electrons. The molecule has 1 N–H and O–H groups in total. The predicted molar refractivity (Wildman–Crippen MR) is 68.5 cm³/mol. The van der Waals surface area contributed by atoms with Crippen LogP contribution in [0.3, 0.4) is 0 Å². The van der Waals surface area contributed by atoms with Crippen LogP contribution in [0.15, 0.2) is 18.2 Å². The van der Waals surface area contributed by atoms with Gasteiger partial charge in [-0.2, -0.15) is 0 Å². The highest BCUT2D eigenvalue weighted by atomic mass is 35.5. The van der Waals surface area contributed by atoms with Gasteiger partial charge in [-0.15, -0.1) is 0 Å². The van der Waals surface area contributed by atoms with Crippen LogP contribution in [0.25, 0.3) is 0 Å². The smallest absolute Gasteiger partial charge is 0.138 e. The molecule has 1 aliphatic rings. The van der Waals surface area contributed by atoms with E-state index < -0.39 is 0 Å². The summed E-state index contributed by atoms with van der Waals surface area (Å²) in [5, 5.41) is 4.08. The van der Waals surface area contributed by atoms with Crippen LogP contribution >= 0.6 is 11.6 Å². The average Bonchev–Trinajstić information content (AvgIpc) is 3.09. The number of benzene rings is 1. The second-order valence-corrected chi connectivity index (χ2v) is 4.73. The summed E-state index contributed by atoms with van der Waals surface area (Å²) >= 11 is 6.13. The van der Waals surface area contributed by atoms with Gasteiger partial charge in [0.05, 0.1) is 11.6 Å². The second-order valence-electron chi connectivity index (χ2n) is 4.32. The highest BCUT2D eigenvalue weighted by Gasteiger charge is 2.20. The molecule has 0 atom stereocenters. The minimum atomic E-state index is 0.689. The quantitative estimate of drug-likeness (QED) is 0.812. The van der Waals surface area contributed by atoms with Gasteiger partial charge in [-0.1, -0.05) is 18.5 Å². The molecule has 2 nitrogen and oxygen atoms in total. The maximum atomic E-state index is 6.13. The van der Waals surface area contributed by atoms with Crippen molar-refractivity contribution in [1.82, 2.24) is 0 Å². The van der Waals surface area contributed by atoms with Gasteiger partial charge in [0, 0.05) is 12.2 Å². The lowest BCUT2D eigenvalue weighted by atomic mass is 10.3. The monoisotopic (exact) mass is 239 g/mol. The molecular weight excluding hydrogens is 222 g/mol. The van der Waals surface area contributed by atoms with Crippen LogP contribution < -0.4 is 10.1 Å². The average molecular weight is 240 g/mol. The first-order valence-corrected chi connectivity index (χ1v) is 6.33. The van der Waals surface area contributed by atoms with Crippen molar-refractivity contribution < 1.29 is 4.74 Å². The third-order valence-electron chi connectivity index (χ3n) is 2.69. The van der Waals surface area contributed by atoms with Crippen molar-refractivity contribution in [2.45, 2.75) is 26.2 Å². The Morgan fingerprint density at radius 3 is 2.88 bits per heavy atom. The van der Waals surface area contributed by atoms with Crippen LogP contribution in [0, 0.1) is 5.92 Å². The lowest BCUT2D eigenvalue weighted by molar-refractivity contribution is 0.317. The predicted octanol–water partition coefficient (Wildman–Crippen LogP) is 3.95. The van der Waals surface area contributed by atoms with Crippen molar-refractivity contribution in [2.75, 3.05) is 18.5 Å². The zero-order valence-corrected chi connectivity index (χ0v) is 10.4.